The van der Waals surface area contributed by atoms with Crippen molar-refractivity contribution in [3.05, 3.63) is 23.8 Å². The third kappa shape index (κ3) is 5.76. The van der Waals surface area contributed by atoms with Gasteiger partial charge in [0.2, 0.25) is 11.8 Å². The van der Waals surface area contributed by atoms with E-state index >= 15 is 0 Å². The van der Waals surface area contributed by atoms with Crippen LogP contribution >= 0.6 is 0 Å². The van der Waals surface area contributed by atoms with Crippen molar-refractivity contribution in [2.24, 2.45) is 0 Å². The second-order valence-corrected chi connectivity index (χ2v) is 8.23. The molecular weight excluding hydrogens is 398 g/mol. The zero-order valence-electron chi connectivity index (χ0n) is 18.6. The van der Waals surface area contributed by atoms with Gasteiger partial charge in [-0.1, -0.05) is 13.8 Å². The highest BCUT2D eigenvalue weighted by Gasteiger charge is 2.39. The van der Waals surface area contributed by atoms with Crippen LogP contribution in [0.4, 0.5) is 5.69 Å². The Labute approximate surface area is 183 Å². The molecule has 0 spiro atoms. The Balaban J connectivity index is 1.71. The minimum Gasteiger partial charge on any atom is -0.490 e. The lowest BCUT2D eigenvalue weighted by Gasteiger charge is -2.42. The number of carbonyl (C=O) groups excluding carboxylic acids is 3. The van der Waals surface area contributed by atoms with Gasteiger partial charge < -0.3 is 25.0 Å². The van der Waals surface area contributed by atoms with Crippen LogP contribution in [0.2, 0.25) is 0 Å². The molecule has 3 atom stereocenters. The number of rotatable bonds is 7. The van der Waals surface area contributed by atoms with Crippen LogP contribution in [0.1, 0.15) is 62.7 Å². The predicted molar refractivity (Wildman–Crippen MR) is 117 cm³/mol. The molecule has 2 aliphatic rings. The van der Waals surface area contributed by atoms with Crippen LogP contribution in [-0.4, -0.2) is 61.1 Å². The standard InChI is InChI=1S/C23H33N3O5/c1-4-6-21(27)25-15-7-10-19-17(12-15)23(29)26(3)18-9-8-16(31-20(18)14-30-19)13-22(28)24-11-5-2/h7,10,12,16,18,20H,4-6,8-9,11,13-14H2,1-3H3,(H,24,28)(H,25,27)/t16-,18+,20-/m0/s1. The van der Waals surface area contributed by atoms with Crippen molar-refractivity contribution < 1.29 is 23.9 Å². The molecule has 0 aliphatic carbocycles. The molecule has 1 aromatic rings. The highest BCUT2D eigenvalue weighted by Crippen LogP contribution is 2.32. The fourth-order valence-corrected chi connectivity index (χ4v) is 4.10. The van der Waals surface area contributed by atoms with Gasteiger partial charge in [0, 0.05) is 25.7 Å². The van der Waals surface area contributed by atoms with E-state index in [1.807, 2.05) is 13.8 Å². The molecule has 0 unspecified atom stereocenters. The van der Waals surface area contributed by atoms with Crippen molar-refractivity contribution in [3.63, 3.8) is 0 Å². The van der Waals surface area contributed by atoms with Crippen LogP contribution in [0, 0.1) is 0 Å². The van der Waals surface area contributed by atoms with Crippen LogP contribution < -0.4 is 15.4 Å². The number of hydrogen-bond acceptors (Lipinski definition) is 5. The number of anilines is 1. The molecule has 2 heterocycles. The Kier molecular flexibility index (Phi) is 7.90. The molecule has 1 saturated heterocycles. The molecular formula is C23H33N3O5. The van der Waals surface area contributed by atoms with Gasteiger partial charge in [0.25, 0.3) is 5.91 Å². The first-order valence-electron chi connectivity index (χ1n) is 11.2. The third-order valence-electron chi connectivity index (χ3n) is 5.76. The van der Waals surface area contributed by atoms with Gasteiger partial charge >= 0.3 is 0 Å². The van der Waals surface area contributed by atoms with Crippen LogP contribution in [0.5, 0.6) is 5.75 Å². The van der Waals surface area contributed by atoms with Crippen molar-refractivity contribution in [3.8, 4) is 5.75 Å². The second-order valence-electron chi connectivity index (χ2n) is 8.23. The van der Waals surface area contributed by atoms with Crippen LogP contribution in [0.15, 0.2) is 18.2 Å². The summed E-state index contributed by atoms with van der Waals surface area (Å²) in [6.45, 7) is 4.91. The molecule has 1 aromatic carbocycles. The van der Waals surface area contributed by atoms with Crippen molar-refractivity contribution in [1.29, 1.82) is 0 Å². The molecule has 0 bridgehead atoms. The van der Waals surface area contributed by atoms with Gasteiger partial charge in [0.1, 0.15) is 18.5 Å². The second kappa shape index (κ2) is 10.6. The number of fused-ring (bicyclic) bond motifs is 2. The molecule has 3 amide bonds. The van der Waals surface area contributed by atoms with Crippen molar-refractivity contribution in [2.75, 3.05) is 25.5 Å². The monoisotopic (exact) mass is 431 g/mol. The number of benzene rings is 1. The first kappa shape index (κ1) is 23.1. The van der Waals surface area contributed by atoms with E-state index in [1.165, 1.54) is 0 Å². The molecule has 8 nitrogen and oxygen atoms in total. The summed E-state index contributed by atoms with van der Waals surface area (Å²) in [6, 6.07) is 4.99. The van der Waals surface area contributed by atoms with Crippen LogP contribution in [0.25, 0.3) is 0 Å². The number of amides is 3. The van der Waals surface area contributed by atoms with Gasteiger partial charge in [-0.05, 0) is 43.9 Å². The lowest BCUT2D eigenvalue weighted by molar-refractivity contribution is -0.134. The average Bonchev–Trinajstić information content (AvgIpc) is 2.75. The fourth-order valence-electron chi connectivity index (χ4n) is 4.10. The number of likely N-dealkylation sites (N-methyl/N-ethyl adjacent to an activating group) is 1. The molecule has 31 heavy (non-hydrogen) atoms. The molecule has 0 radical (unpaired) electrons. The minimum absolute atomic E-state index is 0.00973. The Bertz CT molecular complexity index is 812. The number of hydrogen-bond donors (Lipinski definition) is 2. The highest BCUT2D eigenvalue weighted by atomic mass is 16.5. The Morgan fingerprint density at radius 1 is 1.16 bits per heavy atom. The van der Waals surface area contributed by atoms with E-state index in [0.29, 0.717) is 49.4 Å². The maximum atomic E-state index is 13.2. The van der Waals surface area contributed by atoms with Gasteiger partial charge in [-0.15, -0.1) is 0 Å². The summed E-state index contributed by atoms with van der Waals surface area (Å²) in [5.74, 6) is 0.212. The quantitative estimate of drug-likeness (QED) is 0.692. The number of nitrogens with zero attached hydrogens (tertiary/aromatic N) is 1. The van der Waals surface area contributed by atoms with E-state index in [9.17, 15) is 14.4 Å². The molecule has 1 fully saturated rings. The van der Waals surface area contributed by atoms with E-state index in [1.54, 1.807) is 30.1 Å². The summed E-state index contributed by atoms with van der Waals surface area (Å²) >= 11 is 0. The summed E-state index contributed by atoms with van der Waals surface area (Å²) in [4.78, 5) is 38.9. The smallest absolute Gasteiger partial charge is 0.257 e. The Hall–Kier alpha value is -2.61. The van der Waals surface area contributed by atoms with E-state index in [0.717, 1.165) is 19.3 Å². The molecule has 3 rings (SSSR count). The van der Waals surface area contributed by atoms with Gasteiger partial charge in [0.15, 0.2) is 0 Å². The summed E-state index contributed by atoms with van der Waals surface area (Å²) in [7, 11) is 1.77. The third-order valence-corrected chi connectivity index (χ3v) is 5.76. The molecule has 8 heteroatoms. The summed E-state index contributed by atoms with van der Waals surface area (Å²) in [5.41, 5.74) is 1.01. The molecule has 0 saturated carbocycles. The van der Waals surface area contributed by atoms with Crippen molar-refractivity contribution in [1.82, 2.24) is 10.2 Å². The summed E-state index contributed by atoms with van der Waals surface area (Å²) in [5, 5.41) is 5.72. The first-order valence-corrected chi connectivity index (χ1v) is 11.2. The van der Waals surface area contributed by atoms with Crippen LogP contribution in [-0.2, 0) is 14.3 Å². The number of nitrogens with one attached hydrogen (secondary N) is 2. The molecule has 2 N–H and O–H groups in total. The minimum atomic E-state index is -0.302. The van der Waals surface area contributed by atoms with Crippen molar-refractivity contribution >= 4 is 23.4 Å². The van der Waals surface area contributed by atoms with Gasteiger partial charge in [0.05, 0.1) is 24.1 Å². The van der Waals surface area contributed by atoms with E-state index < -0.39 is 0 Å². The lowest BCUT2D eigenvalue weighted by Crippen LogP contribution is -2.54. The van der Waals surface area contributed by atoms with E-state index in [-0.39, 0.29) is 36.0 Å². The van der Waals surface area contributed by atoms with Gasteiger partial charge in [-0.2, -0.15) is 0 Å². The van der Waals surface area contributed by atoms with E-state index in [4.69, 9.17) is 9.47 Å². The van der Waals surface area contributed by atoms with Crippen LogP contribution in [0.3, 0.4) is 0 Å². The zero-order chi connectivity index (χ0) is 22.4. The first-order chi connectivity index (χ1) is 14.9. The average molecular weight is 432 g/mol. The largest absolute Gasteiger partial charge is 0.490 e. The summed E-state index contributed by atoms with van der Waals surface area (Å²) < 4.78 is 12.1. The zero-order valence-corrected chi connectivity index (χ0v) is 18.6. The summed E-state index contributed by atoms with van der Waals surface area (Å²) in [6.07, 6.45) is 3.36. The number of carbonyl (C=O) groups is 3. The number of ether oxygens (including phenoxy) is 2. The molecule has 0 aromatic heterocycles. The molecule has 2 aliphatic heterocycles. The van der Waals surface area contributed by atoms with E-state index in [2.05, 4.69) is 10.6 Å². The SMILES string of the molecule is CCCNC(=O)C[C@@H]1CC[C@@H]2[C@H](COc3ccc(NC(=O)CCC)cc3C(=O)N2C)O1. The fraction of sp³-hybridized carbons (Fsp3) is 0.609. The maximum absolute atomic E-state index is 13.2. The topological polar surface area (TPSA) is 97.0 Å². The normalized spacial score (nSPS) is 23.0. The van der Waals surface area contributed by atoms with Gasteiger partial charge in [-0.3, -0.25) is 14.4 Å². The van der Waals surface area contributed by atoms with Crippen molar-refractivity contribution in [2.45, 2.75) is 70.6 Å². The Morgan fingerprint density at radius 3 is 2.71 bits per heavy atom. The Morgan fingerprint density at radius 2 is 1.97 bits per heavy atom. The predicted octanol–water partition coefficient (Wildman–Crippen LogP) is 2.72. The molecule has 170 valence electrons. The van der Waals surface area contributed by atoms with Gasteiger partial charge in [-0.25, -0.2) is 0 Å². The maximum Gasteiger partial charge on any atom is 0.257 e. The highest BCUT2D eigenvalue weighted by molar-refractivity contribution is 5.99. The lowest BCUT2D eigenvalue weighted by atomic mass is 9.94.